The van der Waals surface area contributed by atoms with Gasteiger partial charge in [0.15, 0.2) is 5.54 Å². The standard InChI is InChI=1S/C25H25N3O6S2/c1-24(2)20(21(30)34-15-17-8-10-18(11-9-17)28(32)33)27-22(31)25(12-13-35,23(27)36-24)26-19(29)14-16-6-4-3-5-7-16/h3-11,13,20,23H,12,14-15H2,1-2H3,(H,26,29)/t20-,23+,25+/m0/s1. The van der Waals surface area contributed by atoms with Crippen molar-refractivity contribution in [2.75, 3.05) is 0 Å². The molecule has 9 nitrogen and oxygen atoms in total. The molecule has 11 heteroatoms. The highest BCUT2D eigenvalue weighted by atomic mass is 32.2. The van der Waals surface area contributed by atoms with Gasteiger partial charge >= 0.3 is 5.97 Å². The maximum atomic E-state index is 13.5. The molecule has 1 N–H and O–H groups in total. The number of carbonyl (C=O) groups is 3. The van der Waals surface area contributed by atoms with Gasteiger partial charge in [0.25, 0.3) is 11.6 Å². The highest BCUT2D eigenvalue weighted by molar-refractivity contribution is 8.01. The molecular weight excluding hydrogens is 502 g/mol. The number of nitrogens with zero attached hydrogens (tertiary/aromatic N) is 2. The zero-order chi connectivity index (χ0) is 26.1. The fourth-order valence-electron chi connectivity index (χ4n) is 4.62. The Morgan fingerprint density at radius 3 is 2.44 bits per heavy atom. The minimum absolute atomic E-state index is 0.0587. The van der Waals surface area contributed by atoms with Gasteiger partial charge in [0.2, 0.25) is 5.91 Å². The van der Waals surface area contributed by atoms with Crippen molar-refractivity contribution in [2.45, 2.75) is 55.0 Å². The molecule has 2 saturated heterocycles. The lowest BCUT2D eigenvalue weighted by atomic mass is 9.82. The van der Waals surface area contributed by atoms with Crippen molar-refractivity contribution in [3.8, 4) is 0 Å². The van der Waals surface area contributed by atoms with Crippen LogP contribution in [0.15, 0.2) is 54.6 Å². The molecule has 2 fully saturated rings. The molecular formula is C25H25N3O6S2. The molecule has 0 bridgehead atoms. The van der Waals surface area contributed by atoms with Crippen LogP contribution >= 0.6 is 24.0 Å². The molecule has 0 saturated carbocycles. The molecule has 2 aliphatic rings. The van der Waals surface area contributed by atoms with Gasteiger partial charge in [0, 0.05) is 23.3 Å². The summed E-state index contributed by atoms with van der Waals surface area (Å²) in [6, 6.07) is 14.1. The molecule has 2 aliphatic heterocycles. The summed E-state index contributed by atoms with van der Waals surface area (Å²) >= 11 is 6.49. The van der Waals surface area contributed by atoms with E-state index in [9.17, 15) is 24.5 Å². The number of β-lactam (4-membered cyclic amide) rings is 1. The zero-order valence-corrected chi connectivity index (χ0v) is 21.3. The number of non-ortho nitro benzene ring substituents is 1. The number of nitro groups is 1. The van der Waals surface area contributed by atoms with Crippen molar-refractivity contribution < 1.29 is 24.0 Å². The summed E-state index contributed by atoms with van der Waals surface area (Å²) in [6.07, 6.45) is 0.283. The van der Waals surface area contributed by atoms with E-state index in [0.717, 1.165) is 5.56 Å². The summed E-state index contributed by atoms with van der Waals surface area (Å²) in [6.45, 7) is 3.63. The molecule has 36 heavy (non-hydrogen) atoms. The summed E-state index contributed by atoms with van der Waals surface area (Å²) < 4.78 is 4.83. The van der Waals surface area contributed by atoms with Crippen LogP contribution in [0.5, 0.6) is 0 Å². The van der Waals surface area contributed by atoms with Crippen LogP contribution in [0.25, 0.3) is 0 Å². The van der Waals surface area contributed by atoms with Crippen LogP contribution in [0.4, 0.5) is 5.69 Å². The molecule has 0 radical (unpaired) electrons. The van der Waals surface area contributed by atoms with Gasteiger partial charge in [-0.25, -0.2) is 4.79 Å². The van der Waals surface area contributed by atoms with Gasteiger partial charge in [-0.05, 0) is 42.5 Å². The number of nitro benzene ring substituents is 1. The smallest absolute Gasteiger partial charge is 0.330 e. The number of benzene rings is 2. The number of hydrogen-bond donors (Lipinski definition) is 1. The summed E-state index contributed by atoms with van der Waals surface area (Å²) in [5, 5.41) is 14.7. The van der Waals surface area contributed by atoms with Gasteiger partial charge in [0.1, 0.15) is 18.0 Å². The first-order chi connectivity index (χ1) is 17.1. The third kappa shape index (κ3) is 4.72. The maximum absolute atomic E-state index is 13.5. The fourth-order valence-corrected chi connectivity index (χ4v) is 6.58. The van der Waals surface area contributed by atoms with Gasteiger partial charge in [-0.1, -0.05) is 42.5 Å². The Hall–Kier alpha value is -3.31. The molecule has 4 rings (SSSR count). The number of thioether (sulfide) groups is 1. The van der Waals surface area contributed by atoms with Crippen molar-refractivity contribution in [3.63, 3.8) is 0 Å². The van der Waals surface area contributed by atoms with E-state index < -0.39 is 32.6 Å². The molecule has 0 aliphatic carbocycles. The van der Waals surface area contributed by atoms with E-state index in [1.54, 1.807) is 0 Å². The van der Waals surface area contributed by atoms with Crippen molar-refractivity contribution in [1.82, 2.24) is 10.2 Å². The number of rotatable bonds is 9. The van der Waals surface area contributed by atoms with E-state index in [2.05, 4.69) is 5.32 Å². The molecule has 3 atom stereocenters. The number of esters is 1. The SMILES string of the molecule is CC1(C)S[C@H]2N(C(=O)[C@@]2(CC=S)NC(=O)Cc2ccccc2)[C@H]1C(=O)OCc1ccc([N+](=O)[O-])cc1. The van der Waals surface area contributed by atoms with E-state index in [-0.39, 0.29) is 37.0 Å². The lowest BCUT2D eigenvalue weighted by Gasteiger charge is -2.53. The number of thiocarbonyl (C=S) groups is 1. The predicted molar refractivity (Wildman–Crippen MR) is 138 cm³/mol. The van der Waals surface area contributed by atoms with Crippen LogP contribution in [-0.2, 0) is 32.1 Å². The van der Waals surface area contributed by atoms with Crippen LogP contribution < -0.4 is 5.32 Å². The number of hydrogen-bond acceptors (Lipinski definition) is 8. The Balaban J connectivity index is 1.47. The summed E-state index contributed by atoms with van der Waals surface area (Å²) in [7, 11) is 0. The predicted octanol–water partition coefficient (Wildman–Crippen LogP) is 3.19. The zero-order valence-electron chi connectivity index (χ0n) is 19.7. The fraction of sp³-hybridized carbons (Fsp3) is 0.360. The Bertz CT molecular complexity index is 1200. The molecule has 0 aromatic heterocycles. The van der Waals surface area contributed by atoms with Crippen molar-refractivity contribution in [2.24, 2.45) is 0 Å². The Labute approximate surface area is 217 Å². The lowest BCUT2D eigenvalue weighted by Crippen LogP contribution is -2.79. The molecule has 0 spiro atoms. The second kappa shape index (κ2) is 9.98. The minimum atomic E-state index is -1.22. The Kier molecular flexibility index (Phi) is 7.14. The van der Waals surface area contributed by atoms with Gasteiger partial charge in [-0.3, -0.25) is 19.7 Å². The molecule has 2 aromatic rings. The number of amides is 2. The second-order valence-electron chi connectivity index (χ2n) is 9.27. The Morgan fingerprint density at radius 2 is 1.83 bits per heavy atom. The minimum Gasteiger partial charge on any atom is -0.459 e. The molecule has 0 unspecified atom stereocenters. The topological polar surface area (TPSA) is 119 Å². The van der Waals surface area contributed by atoms with Crippen molar-refractivity contribution in [3.05, 3.63) is 75.8 Å². The highest BCUT2D eigenvalue weighted by Gasteiger charge is 2.71. The van der Waals surface area contributed by atoms with Crippen LogP contribution in [0, 0.1) is 10.1 Å². The number of nitrogens with one attached hydrogen (secondary N) is 1. The van der Waals surface area contributed by atoms with E-state index >= 15 is 0 Å². The van der Waals surface area contributed by atoms with E-state index in [1.807, 2.05) is 44.2 Å². The normalized spacial score (nSPS) is 23.8. The van der Waals surface area contributed by atoms with Crippen molar-refractivity contribution >= 4 is 52.8 Å². The van der Waals surface area contributed by atoms with Gasteiger partial charge in [-0.2, -0.15) is 0 Å². The van der Waals surface area contributed by atoms with E-state index in [4.69, 9.17) is 17.0 Å². The van der Waals surface area contributed by atoms with Crippen molar-refractivity contribution in [1.29, 1.82) is 0 Å². The van der Waals surface area contributed by atoms with E-state index in [1.165, 1.54) is 46.3 Å². The van der Waals surface area contributed by atoms with E-state index in [0.29, 0.717) is 5.56 Å². The largest absolute Gasteiger partial charge is 0.459 e. The van der Waals surface area contributed by atoms with Gasteiger partial charge < -0.3 is 15.0 Å². The first-order valence-electron chi connectivity index (χ1n) is 11.3. The monoisotopic (exact) mass is 527 g/mol. The quantitative estimate of drug-likeness (QED) is 0.174. The van der Waals surface area contributed by atoms with Crippen LogP contribution in [0.1, 0.15) is 31.4 Å². The average Bonchev–Trinajstić information content (AvgIpc) is 3.12. The third-order valence-corrected chi connectivity index (χ3v) is 8.22. The molecule has 2 heterocycles. The summed E-state index contributed by atoms with van der Waals surface area (Å²) in [5.41, 5.74) is 0.134. The van der Waals surface area contributed by atoms with Gasteiger partial charge in [0.05, 0.1) is 11.3 Å². The highest BCUT2D eigenvalue weighted by Crippen LogP contribution is 2.56. The summed E-state index contributed by atoms with van der Waals surface area (Å²) in [5.74, 6) is -1.24. The first kappa shape index (κ1) is 25.8. The second-order valence-corrected chi connectivity index (χ2v) is 11.3. The maximum Gasteiger partial charge on any atom is 0.330 e. The van der Waals surface area contributed by atoms with Crippen LogP contribution in [0.3, 0.4) is 0 Å². The molecule has 2 aromatic carbocycles. The number of carbonyl (C=O) groups excluding carboxylic acids is 3. The third-order valence-electron chi connectivity index (χ3n) is 6.37. The summed E-state index contributed by atoms with van der Waals surface area (Å²) in [4.78, 5) is 51.3. The number of fused-ring (bicyclic) bond motifs is 1. The number of ether oxygens (including phenoxy) is 1. The average molecular weight is 528 g/mol. The Morgan fingerprint density at radius 1 is 1.17 bits per heavy atom. The lowest BCUT2D eigenvalue weighted by molar-refractivity contribution is -0.384. The molecule has 2 amide bonds. The molecule has 188 valence electrons. The van der Waals surface area contributed by atoms with Gasteiger partial charge in [-0.15, -0.1) is 11.8 Å². The van der Waals surface area contributed by atoms with Crippen LogP contribution in [-0.4, -0.2) is 54.7 Å². The van der Waals surface area contributed by atoms with Crippen LogP contribution in [0.2, 0.25) is 0 Å². The first-order valence-corrected chi connectivity index (χ1v) is 12.6.